The fraction of sp³-hybridized carbons (Fsp3) is 0.621. The van der Waals surface area contributed by atoms with Crippen LogP contribution < -0.4 is 10.1 Å². The summed E-state index contributed by atoms with van der Waals surface area (Å²) < 4.78 is 5.67. The van der Waals surface area contributed by atoms with E-state index in [4.69, 9.17) is 9.72 Å². The molecule has 1 atom stereocenters. The Kier molecular flexibility index (Phi) is 9.07. The zero-order valence-electron chi connectivity index (χ0n) is 23.9. The first-order chi connectivity index (χ1) is 20.1. The second-order valence-corrected chi connectivity index (χ2v) is 12.5. The highest BCUT2D eigenvalue weighted by atomic mass is 32.1. The molecule has 1 saturated carbocycles. The molecule has 1 aromatic carbocycles. The van der Waals surface area contributed by atoms with Crippen molar-refractivity contribution in [2.24, 2.45) is 5.92 Å². The molecule has 4 heterocycles. The number of nitrogens with zero attached hydrogens (tertiary/aromatic N) is 7. The van der Waals surface area contributed by atoms with E-state index in [0.29, 0.717) is 17.0 Å². The van der Waals surface area contributed by atoms with Crippen molar-refractivity contribution in [2.75, 3.05) is 58.2 Å². The molecule has 11 nitrogen and oxygen atoms in total. The Morgan fingerprint density at radius 1 is 1.07 bits per heavy atom. The van der Waals surface area contributed by atoms with Gasteiger partial charge in [0.2, 0.25) is 0 Å². The molecule has 3 aliphatic rings. The van der Waals surface area contributed by atoms with Gasteiger partial charge in [-0.15, -0.1) is 21.5 Å². The number of thiazole rings is 1. The number of rotatable bonds is 8. The van der Waals surface area contributed by atoms with Crippen LogP contribution in [0.3, 0.4) is 0 Å². The number of nitrogens with one attached hydrogen (secondary N) is 2. The molecule has 3 fully saturated rings. The summed E-state index contributed by atoms with van der Waals surface area (Å²) in [5.41, 5.74) is 3.22. The van der Waals surface area contributed by atoms with Crippen molar-refractivity contribution in [1.82, 2.24) is 40.3 Å². The van der Waals surface area contributed by atoms with Crippen LogP contribution in [0, 0.1) is 5.92 Å². The van der Waals surface area contributed by atoms with Gasteiger partial charge in [-0.25, -0.2) is 9.78 Å². The summed E-state index contributed by atoms with van der Waals surface area (Å²) in [5, 5.41) is 20.1. The largest absolute Gasteiger partial charge is 0.496 e. The number of hydrogen-bond acceptors (Lipinski definition) is 9. The van der Waals surface area contributed by atoms with Crippen LogP contribution in [0.5, 0.6) is 5.75 Å². The van der Waals surface area contributed by atoms with Gasteiger partial charge in [0.1, 0.15) is 5.75 Å². The molecule has 0 radical (unpaired) electrons. The Morgan fingerprint density at radius 2 is 1.93 bits per heavy atom. The van der Waals surface area contributed by atoms with E-state index < -0.39 is 0 Å². The number of hydrogen-bond donors (Lipinski definition) is 2. The van der Waals surface area contributed by atoms with Gasteiger partial charge in [0.15, 0.2) is 11.0 Å². The van der Waals surface area contributed by atoms with Gasteiger partial charge < -0.3 is 9.64 Å². The maximum absolute atomic E-state index is 13.1. The molecule has 220 valence electrons. The normalized spacial score (nSPS) is 21.2. The van der Waals surface area contributed by atoms with E-state index in [1.165, 1.54) is 61.8 Å². The van der Waals surface area contributed by atoms with Crippen molar-refractivity contribution in [3.63, 3.8) is 0 Å². The van der Waals surface area contributed by atoms with Crippen LogP contribution in [-0.2, 0) is 6.54 Å². The van der Waals surface area contributed by atoms with Gasteiger partial charge in [-0.1, -0.05) is 30.5 Å². The minimum atomic E-state index is -0.0718. The number of urea groups is 1. The number of likely N-dealkylation sites (tertiary alicyclic amines) is 1. The predicted octanol–water partition coefficient (Wildman–Crippen LogP) is 4.44. The van der Waals surface area contributed by atoms with Gasteiger partial charge in [-0.05, 0) is 61.8 Å². The number of benzene rings is 1. The van der Waals surface area contributed by atoms with Crippen LogP contribution in [0.1, 0.15) is 62.3 Å². The molecule has 0 unspecified atom stereocenters. The van der Waals surface area contributed by atoms with Gasteiger partial charge >= 0.3 is 6.03 Å². The smallest absolute Gasteiger partial charge is 0.323 e. The number of amides is 2. The number of ether oxygens (including phenoxy) is 1. The Labute approximate surface area is 245 Å². The Morgan fingerprint density at radius 3 is 2.71 bits per heavy atom. The monoisotopic (exact) mass is 579 g/mol. The van der Waals surface area contributed by atoms with E-state index >= 15 is 0 Å². The van der Waals surface area contributed by atoms with Crippen LogP contribution in [0.15, 0.2) is 23.6 Å². The summed E-state index contributed by atoms with van der Waals surface area (Å²) in [6.45, 7) is 7.17. The number of carbonyl (C=O) groups is 1. The van der Waals surface area contributed by atoms with Gasteiger partial charge in [0, 0.05) is 50.2 Å². The number of methoxy groups -OCH3 is 1. The average molecular weight is 580 g/mol. The fourth-order valence-corrected chi connectivity index (χ4v) is 7.33. The van der Waals surface area contributed by atoms with E-state index in [9.17, 15) is 4.79 Å². The first-order valence-electron chi connectivity index (χ1n) is 15.0. The minimum Gasteiger partial charge on any atom is -0.496 e. The molecular weight excluding hydrogens is 538 g/mol. The maximum atomic E-state index is 13.1. The Balaban J connectivity index is 0.998. The van der Waals surface area contributed by atoms with Crippen molar-refractivity contribution in [2.45, 2.75) is 57.4 Å². The van der Waals surface area contributed by atoms with Crippen molar-refractivity contribution in [3.05, 3.63) is 35.0 Å². The third kappa shape index (κ3) is 7.04. The fourth-order valence-electron chi connectivity index (χ4n) is 6.63. The zero-order valence-corrected chi connectivity index (χ0v) is 24.7. The highest BCUT2D eigenvalue weighted by Gasteiger charge is 2.27. The summed E-state index contributed by atoms with van der Waals surface area (Å²) in [5.74, 6) is 2.81. The lowest BCUT2D eigenvalue weighted by Crippen LogP contribution is -2.52. The van der Waals surface area contributed by atoms with Gasteiger partial charge in [0.25, 0.3) is 0 Å². The third-order valence-electron chi connectivity index (χ3n) is 8.83. The van der Waals surface area contributed by atoms with Crippen molar-refractivity contribution in [3.8, 4) is 17.0 Å². The molecule has 2 aliphatic heterocycles. The second kappa shape index (κ2) is 13.3. The molecule has 3 aromatic rings. The number of carbonyl (C=O) groups excluding carboxylic acids is 1. The van der Waals surface area contributed by atoms with Crippen LogP contribution in [-0.4, -0.2) is 99.3 Å². The highest BCUT2D eigenvalue weighted by molar-refractivity contribution is 7.14. The Hall–Kier alpha value is -3.09. The van der Waals surface area contributed by atoms with Crippen molar-refractivity contribution < 1.29 is 9.53 Å². The third-order valence-corrected chi connectivity index (χ3v) is 9.59. The van der Waals surface area contributed by atoms with Crippen LogP contribution in [0.25, 0.3) is 11.3 Å². The Bertz CT molecular complexity index is 1270. The molecule has 2 saturated heterocycles. The number of aromatic amines is 1. The van der Waals surface area contributed by atoms with E-state index in [1.54, 1.807) is 7.11 Å². The standard InChI is InChI=1S/C29H41N9O2S/c1-40-26-10-9-23(22-7-3-2-4-8-22)16-24(26)25-20-41-28(30-25)31-29(39)38-14-12-36(13-15-38)17-21-6-5-11-37(18-21)19-27-32-34-35-33-27/h9-10,16,20-22H,2-8,11-15,17-19H2,1H3,(H,30,31,39)(H,32,33,34,35)/t21-/m0/s1. The highest BCUT2D eigenvalue weighted by Crippen LogP contribution is 2.38. The summed E-state index contributed by atoms with van der Waals surface area (Å²) >= 11 is 1.47. The molecular formula is C29H41N9O2S. The average Bonchev–Trinajstić information content (AvgIpc) is 3.70. The lowest BCUT2D eigenvalue weighted by molar-refractivity contribution is 0.0974. The molecule has 1 aliphatic carbocycles. The number of tetrazole rings is 1. The van der Waals surface area contributed by atoms with Gasteiger partial charge in [-0.3, -0.25) is 15.1 Å². The summed E-state index contributed by atoms with van der Waals surface area (Å²) in [6, 6.07) is 6.44. The molecule has 41 heavy (non-hydrogen) atoms. The number of piperazine rings is 1. The maximum Gasteiger partial charge on any atom is 0.323 e. The van der Waals surface area contributed by atoms with E-state index in [0.717, 1.165) is 75.2 Å². The van der Waals surface area contributed by atoms with Gasteiger partial charge in [0.05, 0.1) is 19.3 Å². The first kappa shape index (κ1) is 28.0. The van der Waals surface area contributed by atoms with E-state index in [1.807, 2.05) is 10.3 Å². The SMILES string of the molecule is COc1ccc(C2CCCCC2)cc1-c1csc(NC(=O)N2CCN(C[C@@H]3CCCN(Cc4nn[nH]n4)C3)CC2)n1. The topological polar surface area (TPSA) is 115 Å². The lowest BCUT2D eigenvalue weighted by atomic mass is 9.83. The van der Waals surface area contributed by atoms with Crippen molar-refractivity contribution >= 4 is 22.5 Å². The quantitative estimate of drug-likeness (QED) is 0.403. The summed E-state index contributed by atoms with van der Waals surface area (Å²) in [7, 11) is 1.70. The first-order valence-corrected chi connectivity index (χ1v) is 15.9. The summed E-state index contributed by atoms with van der Waals surface area (Å²) in [6.07, 6.45) is 8.87. The minimum absolute atomic E-state index is 0.0718. The second-order valence-electron chi connectivity index (χ2n) is 11.6. The van der Waals surface area contributed by atoms with E-state index in [-0.39, 0.29) is 6.03 Å². The molecule has 0 bridgehead atoms. The van der Waals surface area contributed by atoms with Crippen LogP contribution in [0.2, 0.25) is 0 Å². The molecule has 2 aromatic heterocycles. The van der Waals surface area contributed by atoms with E-state index in [2.05, 4.69) is 53.9 Å². The van der Waals surface area contributed by atoms with Crippen LogP contribution in [0.4, 0.5) is 9.93 Å². The predicted molar refractivity (Wildman–Crippen MR) is 159 cm³/mol. The number of aromatic nitrogens is 5. The number of H-pyrrole nitrogens is 1. The molecule has 6 rings (SSSR count). The zero-order chi connectivity index (χ0) is 28.0. The molecule has 12 heteroatoms. The van der Waals surface area contributed by atoms with Crippen molar-refractivity contribution in [1.29, 1.82) is 0 Å². The lowest BCUT2D eigenvalue weighted by Gasteiger charge is -2.39. The summed E-state index contributed by atoms with van der Waals surface area (Å²) in [4.78, 5) is 24.7. The number of piperidine rings is 1. The van der Waals surface area contributed by atoms with Crippen LogP contribution >= 0.6 is 11.3 Å². The molecule has 2 N–H and O–H groups in total. The molecule has 0 spiro atoms. The molecule has 2 amide bonds. The van der Waals surface area contributed by atoms with Gasteiger partial charge in [-0.2, -0.15) is 5.21 Å². The number of anilines is 1.